The van der Waals surface area contributed by atoms with Crippen molar-refractivity contribution in [1.29, 1.82) is 0 Å². The molecule has 1 amide bonds. The second kappa shape index (κ2) is 9.16. The van der Waals surface area contributed by atoms with Gasteiger partial charge >= 0.3 is 0 Å². The molecule has 1 aliphatic rings. The van der Waals surface area contributed by atoms with Crippen LogP contribution in [0.5, 0.6) is 5.75 Å². The lowest BCUT2D eigenvalue weighted by Gasteiger charge is -2.25. The van der Waals surface area contributed by atoms with E-state index in [9.17, 15) is 14.7 Å². The van der Waals surface area contributed by atoms with Gasteiger partial charge < -0.3 is 19.2 Å². The van der Waals surface area contributed by atoms with Gasteiger partial charge in [0.25, 0.3) is 11.7 Å². The first-order valence-corrected chi connectivity index (χ1v) is 11.0. The molecule has 4 rings (SSSR count). The number of aliphatic hydroxyl groups is 1. The molecule has 2 aromatic carbocycles. The molecule has 0 bridgehead atoms. The van der Waals surface area contributed by atoms with E-state index in [-0.39, 0.29) is 29.2 Å². The Labute approximate surface area is 197 Å². The molecule has 0 saturated carbocycles. The van der Waals surface area contributed by atoms with Crippen molar-refractivity contribution >= 4 is 29.1 Å². The maximum atomic E-state index is 13.2. The number of rotatable bonds is 6. The van der Waals surface area contributed by atoms with Crippen molar-refractivity contribution in [3.8, 4) is 5.75 Å². The van der Waals surface area contributed by atoms with Gasteiger partial charge in [-0.2, -0.15) is 0 Å². The summed E-state index contributed by atoms with van der Waals surface area (Å²) < 4.78 is 10.8. The highest BCUT2D eigenvalue weighted by atomic mass is 35.5. The SMILES string of the molecule is CCc1ccc(C2/C(=C(\O)c3cc(C)cc(Cl)c3OC)C(=O)C(=O)N2Cc2ccco2)cc1. The fourth-order valence-corrected chi connectivity index (χ4v) is 4.50. The highest BCUT2D eigenvalue weighted by Gasteiger charge is 2.46. The lowest BCUT2D eigenvalue weighted by Crippen LogP contribution is -2.29. The molecule has 1 fully saturated rings. The zero-order valence-electron chi connectivity index (χ0n) is 18.6. The summed E-state index contributed by atoms with van der Waals surface area (Å²) in [5.74, 6) is -1.05. The van der Waals surface area contributed by atoms with Crippen molar-refractivity contribution in [3.05, 3.63) is 93.4 Å². The summed E-state index contributed by atoms with van der Waals surface area (Å²) in [6.45, 7) is 3.95. The smallest absolute Gasteiger partial charge is 0.296 e. The number of hydrogen-bond donors (Lipinski definition) is 1. The number of methoxy groups -OCH3 is 1. The molecule has 33 heavy (non-hydrogen) atoms. The summed E-state index contributed by atoms with van der Waals surface area (Å²) in [5, 5.41) is 11.7. The van der Waals surface area contributed by atoms with Gasteiger partial charge in [0.1, 0.15) is 17.3 Å². The van der Waals surface area contributed by atoms with E-state index >= 15 is 0 Å². The number of nitrogens with zero attached hydrogens (tertiary/aromatic N) is 1. The average Bonchev–Trinajstić information content (AvgIpc) is 3.40. The molecule has 1 saturated heterocycles. The van der Waals surface area contributed by atoms with Crippen LogP contribution in [0.2, 0.25) is 5.02 Å². The Bertz CT molecular complexity index is 1230. The molecular weight excluding hydrogens is 442 g/mol. The number of carbonyl (C=O) groups is 2. The number of ketones is 1. The van der Waals surface area contributed by atoms with Crippen molar-refractivity contribution in [2.24, 2.45) is 0 Å². The van der Waals surface area contributed by atoms with Crippen LogP contribution in [0.4, 0.5) is 0 Å². The van der Waals surface area contributed by atoms with Gasteiger partial charge in [-0.15, -0.1) is 0 Å². The molecule has 170 valence electrons. The van der Waals surface area contributed by atoms with Crippen LogP contribution in [-0.4, -0.2) is 28.8 Å². The van der Waals surface area contributed by atoms with Crippen molar-refractivity contribution < 1.29 is 23.8 Å². The first-order valence-electron chi connectivity index (χ1n) is 10.6. The van der Waals surface area contributed by atoms with Gasteiger partial charge in [-0.1, -0.05) is 42.8 Å². The Morgan fingerprint density at radius 2 is 1.91 bits per heavy atom. The van der Waals surface area contributed by atoms with Crippen LogP contribution in [-0.2, 0) is 22.6 Å². The van der Waals surface area contributed by atoms with E-state index in [0.29, 0.717) is 16.3 Å². The number of aryl methyl sites for hydroxylation is 2. The van der Waals surface area contributed by atoms with Crippen molar-refractivity contribution in [1.82, 2.24) is 4.90 Å². The van der Waals surface area contributed by atoms with Crippen LogP contribution < -0.4 is 4.74 Å². The van der Waals surface area contributed by atoms with Crippen LogP contribution in [0.25, 0.3) is 5.76 Å². The predicted octanol–water partition coefficient (Wildman–Crippen LogP) is 5.43. The molecule has 0 aliphatic carbocycles. The first kappa shape index (κ1) is 22.7. The number of benzene rings is 2. The third-order valence-electron chi connectivity index (χ3n) is 5.80. The number of carbonyl (C=O) groups excluding carboxylic acids is 2. The van der Waals surface area contributed by atoms with E-state index in [1.165, 1.54) is 18.3 Å². The molecule has 1 aromatic heterocycles. The molecule has 1 atom stereocenters. The zero-order valence-corrected chi connectivity index (χ0v) is 19.3. The number of Topliss-reactive ketones (excluding diaryl/α,β-unsaturated/α-hetero) is 1. The van der Waals surface area contributed by atoms with Crippen LogP contribution in [0.15, 0.2) is 64.8 Å². The Balaban J connectivity index is 1.92. The Morgan fingerprint density at radius 3 is 2.52 bits per heavy atom. The summed E-state index contributed by atoms with van der Waals surface area (Å²) >= 11 is 6.33. The average molecular weight is 466 g/mol. The Hall–Kier alpha value is -3.51. The van der Waals surface area contributed by atoms with Gasteiger partial charge in [-0.3, -0.25) is 9.59 Å². The maximum absolute atomic E-state index is 13.2. The molecule has 0 spiro atoms. The van der Waals surface area contributed by atoms with E-state index in [1.54, 1.807) is 24.3 Å². The van der Waals surface area contributed by atoms with E-state index in [4.69, 9.17) is 20.8 Å². The Kier molecular flexibility index (Phi) is 6.29. The molecule has 3 aromatic rings. The number of halogens is 1. The summed E-state index contributed by atoms with van der Waals surface area (Å²) in [5.41, 5.74) is 2.84. The molecule has 6 nitrogen and oxygen atoms in total. The summed E-state index contributed by atoms with van der Waals surface area (Å²) in [4.78, 5) is 27.7. The Morgan fingerprint density at radius 1 is 1.18 bits per heavy atom. The van der Waals surface area contributed by atoms with Gasteiger partial charge in [-0.05, 0) is 54.3 Å². The summed E-state index contributed by atoms with van der Waals surface area (Å²) in [7, 11) is 1.43. The quantitative estimate of drug-likeness (QED) is 0.298. The normalized spacial score (nSPS) is 17.6. The van der Waals surface area contributed by atoms with Crippen LogP contribution in [0, 0.1) is 6.92 Å². The molecule has 2 heterocycles. The van der Waals surface area contributed by atoms with E-state index in [2.05, 4.69) is 0 Å². The fraction of sp³-hybridized carbons (Fsp3) is 0.231. The minimum Gasteiger partial charge on any atom is -0.507 e. The van der Waals surface area contributed by atoms with E-state index in [1.807, 2.05) is 38.1 Å². The van der Waals surface area contributed by atoms with Crippen LogP contribution >= 0.6 is 11.6 Å². The van der Waals surface area contributed by atoms with E-state index in [0.717, 1.165) is 17.5 Å². The second-order valence-corrected chi connectivity index (χ2v) is 8.34. The van der Waals surface area contributed by atoms with Crippen molar-refractivity contribution in [2.75, 3.05) is 7.11 Å². The fourth-order valence-electron chi connectivity index (χ4n) is 4.15. The topological polar surface area (TPSA) is 80.0 Å². The minimum absolute atomic E-state index is 0.0178. The molecule has 0 radical (unpaired) electrons. The zero-order chi connectivity index (χ0) is 23.7. The van der Waals surface area contributed by atoms with Crippen molar-refractivity contribution in [3.63, 3.8) is 0 Å². The third-order valence-corrected chi connectivity index (χ3v) is 6.08. The monoisotopic (exact) mass is 465 g/mol. The van der Waals surface area contributed by atoms with Crippen molar-refractivity contribution in [2.45, 2.75) is 32.9 Å². The molecule has 1 N–H and O–H groups in total. The number of aliphatic hydroxyl groups excluding tert-OH is 1. The molecular formula is C26H24ClNO5. The van der Waals surface area contributed by atoms with Crippen LogP contribution in [0.3, 0.4) is 0 Å². The first-order chi connectivity index (χ1) is 15.8. The lowest BCUT2D eigenvalue weighted by atomic mass is 9.93. The van der Waals surface area contributed by atoms with E-state index < -0.39 is 17.7 Å². The largest absolute Gasteiger partial charge is 0.507 e. The maximum Gasteiger partial charge on any atom is 0.296 e. The number of amides is 1. The lowest BCUT2D eigenvalue weighted by molar-refractivity contribution is -0.140. The number of ether oxygens (including phenoxy) is 1. The minimum atomic E-state index is -0.801. The molecule has 7 heteroatoms. The summed E-state index contributed by atoms with van der Waals surface area (Å²) in [6, 6.07) is 13.7. The van der Waals surface area contributed by atoms with Gasteiger partial charge in [-0.25, -0.2) is 0 Å². The number of furan rings is 1. The van der Waals surface area contributed by atoms with Crippen LogP contribution in [0.1, 0.15) is 41.0 Å². The van der Waals surface area contributed by atoms with Gasteiger partial charge in [0.2, 0.25) is 0 Å². The predicted molar refractivity (Wildman–Crippen MR) is 125 cm³/mol. The standard InChI is InChI=1S/C26H24ClNO5/c1-4-16-7-9-17(10-8-16)22-21(23(29)19-12-15(2)13-20(27)25(19)32-3)24(30)26(31)28(22)14-18-6-5-11-33-18/h5-13,22,29H,4,14H2,1-3H3/b23-21+. The molecule has 1 aliphatic heterocycles. The van der Waals surface area contributed by atoms with Gasteiger partial charge in [0, 0.05) is 0 Å². The third kappa shape index (κ3) is 4.14. The number of hydrogen-bond acceptors (Lipinski definition) is 5. The number of likely N-dealkylation sites (tertiary alicyclic amines) is 1. The van der Waals surface area contributed by atoms with Gasteiger partial charge in [0.15, 0.2) is 0 Å². The molecule has 1 unspecified atom stereocenters. The van der Waals surface area contributed by atoms with Gasteiger partial charge in [0.05, 0.1) is 42.1 Å². The highest BCUT2D eigenvalue weighted by molar-refractivity contribution is 6.46. The second-order valence-electron chi connectivity index (χ2n) is 7.93. The summed E-state index contributed by atoms with van der Waals surface area (Å²) in [6.07, 6.45) is 2.36. The highest BCUT2D eigenvalue weighted by Crippen LogP contribution is 2.43.